The van der Waals surface area contributed by atoms with Gasteiger partial charge in [0.25, 0.3) is 0 Å². The van der Waals surface area contributed by atoms with Gasteiger partial charge in [-0.25, -0.2) is 0 Å². The van der Waals surface area contributed by atoms with Gasteiger partial charge in [0.2, 0.25) is 0 Å². The van der Waals surface area contributed by atoms with Gasteiger partial charge in [-0.1, -0.05) is 12.8 Å². The molecule has 25 heteroatoms. The highest BCUT2D eigenvalue weighted by Crippen LogP contribution is 2.36. The number of nitrogens with zero attached hydrogens (tertiary/aromatic N) is 1. The van der Waals surface area contributed by atoms with Crippen molar-refractivity contribution in [3.63, 3.8) is 0 Å². The van der Waals surface area contributed by atoms with Crippen LogP contribution in [0.3, 0.4) is 0 Å². The molecule has 0 radical (unpaired) electrons. The van der Waals surface area contributed by atoms with Crippen molar-refractivity contribution in [3.8, 4) is 0 Å². The van der Waals surface area contributed by atoms with Crippen LogP contribution in [-0.4, -0.2) is 237 Å². The van der Waals surface area contributed by atoms with E-state index in [-0.39, 0.29) is 49.9 Å². The van der Waals surface area contributed by atoms with Gasteiger partial charge in [0.05, 0.1) is 51.0 Å². The van der Waals surface area contributed by atoms with Crippen molar-refractivity contribution in [2.24, 2.45) is 11.8 Å². The Morgan fingerprint density at radius 2 is 0.855 bits per heavy atom. The van der Waals surface area contributed by atoms with Crippen molar-refractivity contribution in [2.45, 2.75) is 149 Å². The van der Waals surface area contributed by atoms with E-state index in [9.17, 15) is 51.1 Å². The summed E-state index contributed by atoms with van der Waals surface area (Å²) in [5, 5.41) is 120. The lowest BCUT2D eigenvalue weighted by molar-refractivity contribution is -0.355. The number of hydrogen-bond acceptors (Lipinski definition) is 21. The van der Waals surface area contributed by atoms with Crippen LogP contribution in [0.1, 0.15) is 38.5 Å². The minimum Gasteiger partial charge on any atom is -0.394 e. The van der Waals surface area contributed by atoms with E-state index in [1.54, 1.807) is 7.05 Å². The summed E-state index contributed by atoms with van der Waals surface area (Å²) in [7, 11) is 1.80. The number of nitrogens with one attached hydrogen (secondary N) is 4. The van der Waals surface area contributed by atoms with E-state index in [1.165, 1.54) is 0 Å². The number of rotatable bonds is 10. The third-order valence-electron chi connectivity index (χ3n) is 12.3. The summed E-state index contributed by atoms with van der Waals surface area (Å²) in [6.45, 7) is -0.0669. The summed E-state index contributed by atoms with van der Waals surface area (Å²) in [6.07, 6.45) is -20.0. The first-order chi connectivity index (χ1) is 29.7. The topological polar surface area (TPSA) is 328 Å². The highest BCUT2D eigenvalue weighted by molar-refractivity contribution is 7.80. The molecule has 0 aromatic carbocycles. The smallest absolute Gasteiger partial charge is 0.186 e. The lowest BCUT2D eigenvalue weighted by Crippen LogP contribution is -2.64. The Morgan fingerprint density at radius 1 is 0.484 bits per heavy atom. The number of ether oxygens (including phenoxy) is 8. The third kappa shape index (κ3) is 12.1. The fraction of sp³-hybridized carbons (Fsp3) is 0.946. The molecule has 12 rings (SSSR count). The molecule has 0 aliphatic carbocycles. The lowest BCUT2D eigenvalue weighted by Gasteiger charge is -2.47. The molecule has 12 fully saturated rings. The van der Waals surface area contributed by atoms with Crippen molar-refractivity contribution in [2.75, 3.05) is 59.9 Å². The molecule has 23 nitrogen and oxygen atoms in total. The minimum atomic E-state index is -1.55. The van der Waals surface area contributed by atoms with Gasteiger partial charge in [0.15, 0.2) is 35.4 Å². The molecule has 0 saturated carbocycles. The molecule has 12 unspecified atom stereocenters. The number of aliphatic hydroxyl groups is 10. The van der Waals surface area contributed by atoms with Crippen molar-refractivity contribution in [3.05, 3.63) is 0 Å². The van der Waals surface area contributed by atoms with Crippen molar-refractivity contribution >= 4 is 34.7 Å². The van der Waals surface area contributed by atoms with Crippen molar-refractivity contribution in [1.82, 2.24) is 26.2 Å². The minimum absolute atomic E-state index is 0.111. The quantitative estimate of drug-likeness (QED) is 0.0716. The van der Waals surface area contributed by atoms with E-state index < -0.39 is 136 Å². The molecule has 358 valence electrons. The lowest BCUT2D eigenvalue weighted by atomic mass is 9.84. The SMILES string of the molecule is CN(CNC(=S)NCC1O[C@@H]2OC3C(CO)O[C@H](OCCCCC1[C@H](O)C2O)C(O)[C@H]3O)CNC(=S)NCC1O[C@@H]2OC3C(CO)O[C@H](OCCCCC1[C@H](O)C2O)C(O)[C@H]3O. The van der Waals surface area contributed by atoms with Crippen LogP contribution in [0.2, 0.25) is 0 Å². The average Bonchev–Trinajstić information content (AvgIpc) is 3.26. The molecule has 0 aromatic heterocycles. The van der Waals surface area contributed by atoms with Gasteiger partial charge in [-0.3, -0.25) is 4.90 Å². The Labute approximate surface area is 369 Å². The first kappa shape index (κ1) is 50.0. The fourth-order valence-corrected chi connectivity index (χ4v) is 8.98. The Hall–Kier alpha value is -1.38. The second-order valence-electron chi connectivity index (χ2n) is 16.7. The normalized spacial score (nSPS) is 44.3. The molecule has 12 aliphatic rings. The first-order valence-electron chi connectivity index (χ1n) is 21.3. The Balaban J connectivity index is 0.970. The summed E-state index contributed by atoms with van der Waals surface area (Å²) in [6, 6.07) is 0. The standard InChI is InChI=1S/C37H65N5O18S2/c1-42(14-40-36(61)38-10-18-16-6-2-4-8-53-32-28(51)24(47)30(20(12-43)57-32)59-34(55-18)26(49)22(16)45)15-41-37(62)39-11-19-17-7-3-5-9-54-33-29(52)25(48)31(21(13-44)58-33)60-35(56-19)27(50)23(17)46/h16-35,43-52H,2-15H2,1H3,(H2,38,40,61)(H2,39,41,62)/t16?,17?,18?,19?,20?,21?,22-,23-,24+,25+,26?,27?,28?,29?,30?,31?,32-,33-,34+,35+/m0/s1. The molecule has 12 heterocycles. The predicted octanol–water partition coefficient (Wildman–Crippen LogP) is -6.06. The van der Waals surface area contributed by atoms with Crippen LogP contribution in [0.25, 0.3) is 0 Å². The highest BCUT2D eigenvalue weighted by atomic mass is 32.1. The van der Waals surface area contributed by atoms with Crippen LogP contribution in [0.15, 0.2) is 0 Å². The van der Waals surface area contributed by atoms with E-state index in [1.807, 2.05) is 4.90 Å². The molecule has 20 atom stereocenters. The summed E-state index contributed by atoms with van der Waals surface area (Å²) in [4.78, 5) is 1.83. The maximum absolute atomic E-state index is 11.2. The average molecular weight is 932 g/mol. The summed E-state index contributed by atoms with van der Waals surface area (Å²) >= 11 is 11.1. The van der Waals surface area contributed by atoms with Crippen LogP contribution in [0.4, 0.5) is 0 Å². The van der Waals surface area contributed by atoms with Gasteiger partial charge in [0, 0.05) is 38.1 Å². The zero-order chi connectivity index (χ0) is 44.7. The van der Waals surface area contributed by atoms with Crippen LogP contribution < -0.4 is 21.3 Å². The maximum atomic E-state index is 11.2. The van der Waals surface area contributed by atoms with Gasteiger partial charge in [-0.15, -0.1) is 0 Å². The molecular weight excluding hydrogens is 867 g/mol. The zero-order valence-electron chi connectivity index (χ0n) is 34.4. The van der Waals surface area contributed by atoms with E-state index in [0.29, 0.717) is 38.5 Å². The Bertz CT molecular complexity index is 1320. The highest BCUT2D eigenvalue weighted by Gasteiger charge is 2.53. The van der Waals surface area contributed by atoms with Gasteiger partial charge in [-0.05, 0) is 57.2 Å². The Kier molecular flexibility index (Phi) is 18.9. The molecule has 12 aliphatic heterocycles. The molecule has 8 bridgehead atoms. The second kappa shape index (κ2) is 23.4. The summed E-state index contributed by atoms with van der Waals surface area (Å²) in [5.74, 6) is -1.05. The summed E-state index contributed by atoms with van der Waals surface area (Å²) < 4.78 is 46.7. The number of hydrogen-bond donors (Lipinski definition) is 14. The molecule has 0 aromatic rings. The second-order valence-corrected chi connectivity index (χ2v) is 17.5. The Morgan fingerprint density at radius 3 is 1.24 bits per heavy atom. The number of thiocarbonyl (C=S) groups is 2. The molecular formula is C37H65N5O18S2. The first-order valence-corrected chi connectivity index (χ1v) is 22.1. The van der Waals surface area contributed by atoms with E-state index in [0.717, 1.165) is 0 Å². The molecule has 62 heavy (non-hydrogen) atoms. The molecule has 0 amide bonds. The van der Waals surface area contributed by atoms with Crippen LogP contribution in [0.5, 0.6) is 0 Å². The monoisotopic (exact) mass is 931 g/mol. The van der Waals surface area contributed by atoms with E-state index in [2.05, 4.69) is 21.3 Å². The fourth-order valence-electron chi connectivity index (χ4n) is 8.68. The van der Waals surface area contributed by atoms with Crippen molar-refractivity contribution < 1.29 is 89.0 Å². The van der Waals surface area contributed by atoms with Gasteiger partial charge in [-0.2, -0.15) is 0 Å². The van der Waals surface area contributed by atoms with Gasteiger partial charge in [0.1, 0.15) is 61.0 Å². The van der Waals surface area contributed by atoms with E-state index >= 15 is 0 Å². The van der Waals surface area contributed by atoms with Crippen LogP contribution in [0, 0.1) is 11.8 Å². The number of aliphatic hydroxyl groups excluding tert-OH is 10. The third-order valence-corrected chi connectivity index (χ3v) is 12.9. The zero-order valence-corrected chi connectivity index (χ0v) is 36.1. The van der Waals surface area contributed by atoms with E-state index in [4.69, 9.17) is 62.3 Å². The maximum Gasteiger partial charge on any atom is 0.186 e. The molecule has 0 spiro atoms. The van der Waals surface area contributed by atoms with Gasteiger partial charge < -0.3 is 110 Å². The van der Waals surface area contributed by atoms with Gasteiger partial charge >= 0.3 is 0 Å². The molecule has 14 N–H and O–H groups in total. The van der Waals surface area contributed by atoms with Crippen LogP contribution in [-0.2, 0) is 37.9 Å². The largest absolute Gasteiger partial charge is 0.394 e. The van der Waals surface area contributed by atoms with Crippen molar-refractivity contribution in [1.29, 1.82) is 0 Å². The summed E-state index contributed by atoms with van der Waals surface area (Å²) in [5.41, 5.74) is 0. The predicted molar refractivity (Wildman–Crippen MR) is 218 cm³/mol. The molecule has 12 saturated heterocycles. The van der Waals surface area contributed by atoms with Crippen LogP contribution >= 0.6 is 24.4 Å².